The van der Waals surface area contributed by atoms with Crippen LogP contribution in [0.15, 0.2) is 45.9 Å². The summed E-state index contributed by atoms with van der Waals surface area (Å²) in [5, 5.41) is 1.77. The zero-order valence-corrected chi connectivity index (χ0v) is 21.7. The fourth-order valence-electron chi connectivity index (χ4n) is 2.05. The lowest BCUT2D eigenvalue weighted by molar-refractivity contribution is 0.176. The van der Waals surface area contributed by atoms with Crippen LogP contribution < -0.4 is 9.47 Å². The molecule has 1 heterocycles. The zero-order valence-electron chi connectivity index (χ0n) is 15.5. The average molecular weight is 608 g/mol. The quantitative estimate of drug-likeness (QED) is 0.187. The lowest BCUT2D eigenvalue weighted by Crippen LogP contribution is -2.18. The lowest BCUT2D eigenvalue weighted by atomic mass is 10.3. The molecule has 0 aliphatic carbocycles. The van der Waals surface area contributed by atoms with Gasteiger partial charge in [-0.1, -0.05) is 59.1 Å². The van der Waals surface area contributed by atoms with Gasteiger partial charge in [-0.2, -0.15) is 0 Å². The first kappa shape index (κ1) is 25.1. The normalized spacial score (nSPS) is 16.9. The second-order valence-electron chi connectivity index (χ2n) is 6.10. The molecule has 0 aromatic heterocycles. The smallest absolute Gasteiger partial charge is 0.140 e. The molecule has 2 aromatic rings. The monoisotopic (exact) mass is 604 g/mol. The molecular weight excluding hydrogens is 590 g/mol. The molecule has 29 heavy (non-hydrogen) atoms. The number of ether oxygens (including phenoxy) is 3. The van der Waals surface area contributed by atoms with Crippen molar-refractivity contribution in [2.45, 2.75) is 32.2 Å². The Hall–Kier alpha value is -0.140. The van der Waals surface area contributed by atoms with Crippen LogP contribution in [0.1, 0.15) is 13.8 Å². The Morgan fingerprint density at radius 3 is 1.79 bits per heavy atom. The molecule has 0 bridgehead atoms. The van der Waals surface area contributed by atoms with Gasteiger partial charge in [0.1, 0.15) is 39.9 Å². The van der Waals surface area contributed by atoms with E-state index in [0.717, 1.165) is 15.6 Å². The number of rotatable bonds is 6. The van der Waals surface area contributed by atoms with E-state index in [-0.39, 0.29) is 18.3 Å². The van der Waals surface area contributed by atoms with Gasteiger partial charge in [-0.15, -0.1) is 0 Å². The second kappa shape index (κ2) is 11.5. The minimum atomic E-state index is -0.0928. The molecule has 1 fully saturated rings. The SMILES string of the molecule is C=CC(C)Oc1ccc(Br)c(Cl)c1Cl.CC(Oc1ccc(Br)c(Cl)c1Cl)C1CO1. The first-order chi connectivity index (χ1) is 13.6. The number of halogens is 6. The largest absolute Gasteiger partial charge is 0.486 e. The predicted molar refractivity (Wildman–Crippen MR) is 128 cm³/mol. The fraction of sp³-hybridized carbons (Fsp3) is 0.300. The lowest BCUT2D eigenvalue weighted by Gasteiger charge is -2.14. The summed E-state index contributed by atoms with van der Waals surface area (Å²) in [6.07, 6.45) is 1.78. The third-order valence-corrected chi connectivity index (χ3v) is 7.35. The summed E-state index contributed by atoms with van der Waals surface area (Å²) < 4.78 is 17.8. The molecule has 0 spiro atoms. The Morgan fingerprint density at radius 2 is 1.38 bits per heavy atom. The fourth-order valence-corrected chi connectivity index (χ4v) is 3.67. The number of hydrogen-bond donors (Lipinski definition) is 0. The summed E-state index contributed by atoms with van der Waals surface area (Å²) in [6, 6.07) is 7.15. The van der Waals surface area contributed by atoms with Gasteiger partial charge in [0.2, 0.25) is 0 Å². The van der Waals surface area contributed by atoms with Crippen molar-refractivity contribution in [2.75, 3.05) is 6.61 Å². The van der Waals surface area contributed by atoms with Crippen LogP contribution in [-0.2, 0) is 4.74 Å². The highest BCUT2D eigenvalue weighted by molar-refractivity contribution is 9.10. The Balaban J connectivity index is 0.000000208. The van der Waals surface area contributed by atoms with E-state index in [1.165, 1.54) is 0 Å². The Labute approximate surface area is 207 Å². The highest BCUT2D eigenvalue weighted by Crippen LogP contribution is 2.39. The van der Waals surface area contributed by atoms with Crippen LogP contribution >= 0.6 is 78.3 Å². The maximum atomic E-state index is 6.04. The van der Waals surface area contributed by atoms with Crippen LogP contribution in [0.5, 0.6) is 11.5 Å². The second-order valence-corrected chi connectivity index (χ2v) is 9.32. The summed E-state index contributed by atoms with van der Waals surface area (Å²) in [6.45, 7) is 8.19. The highest BCUT2D eigenvalue weighted by Gasteiger charge is 2.31. The van der Waals surface area contributed by atoms with Crippen molar-refractivity contribution in [3.8, 4) is 11.5 Å². The van der Waals surface area contributed by atoms with Crippen molar-refractivity contribution in [1.82, 2.24) is 0 Å². The first-order valence-corrected chi connectivity index (χ1v) is 11.6. The van der Waals surface area contributed by atoms with E-state index in [1.54, 1.807) is 24.3 Å². The van der Waals surface area contributed by atoms with Gasteiger partial charge in [0.05, 0.1) is 16.7 Å². The number of hydrogen-bond acceptors (Lipinski definition) is 3. The summed E-state index contributed by atoms with van der Waals surface area (Å²) in [7, 11) is 0. The molecule has 3 nitrogen and oxygen atoms in total. The molecule has 1 aliphatic rings. The standard InChI is InChI=1S/C10H9BrCl2O2.C10H9BrCl2O/c1-5(8-4-14-8)15-7-3-2-6(11)9(12)10(7)13;1-3-6(2)14-8-5-4-7(11)9(12)10(8)13/h2-3,5,8H,4H2,1H3;3-6H,1H2,2H3. The van der Waals surface area contributed by atoms with Crippen molar-refractivity contribution in [2.24, 2.45) is 0 Å². The highest BCUT2D eigenvalue weighted by atomic mass is 79.9. The molecule has 0 saturated carbocycles. The minimum absolute atomic E-state index is 0.000239. The molecule has 158 valence electrons. The number of benzene rings is 2. The van der Waals surface area contributed by atoms with Gasteiger partial charge < -0.3 is 14.2 Å². The molecular formula is C20H18Br2Cl4O3. The summed E-state index contributed by atoms with van der Waals surface area (Å²) in [5.41, 5.74) is 0. The molecule has 0 N–H and O–H groups in total. The molecule has 2 aromatic carbocycles. The van der Waals surface area contributed by atoms with Crippen molar-refractivity contribution in [3.63, 3.8) is 0 Å². The van der Waals surface area contributed by atoms with Gasteiger partial charge in [0, 0.05) is 8.95 Å². The molecule has 0 amide bonds. The van der Waals surface area contributed by atoms with Crippen LogP contribution in [0, 0.1) is 0 Å². The van der Waals surface area contributed by atoms with Gasteiger partial charge >= 0.3 is 0 Å². The molecule has 3 rings (SSSR count). The molecule has 1 aliphatic heterocycles. The van der Waals surface area contributed by atoms with Crippen LogP contribution in [0.4, 0.5) is 0 Å². The van der Waals surface area contributed by atoms with Crippen molar-refractivity contribution in [3.05, 3.63) is 66.0 Å². The zero-order chi connectivity index (χ0) is 21.7. The van der Waals surface area contributed by atoms with Crippen LogP contribution in [0.25, 0.3) is 0 Å². The molecule has 9 heteroatoms. The third-order valence-electron chi connectivity index (χ3n) is 3.84. The Morgan fingerprint density at radius 1 is 0.931 bits per heavy atom. The van der Waals surface area contributed by atoms with Crippen LogP contribution in [0.2, 0.25) is 20.1 Å². The summed E-state index contributed by atoms with van der Waals surface area (Å²) in [5.74, 6) is 1.15. The first-order valence-electron chi connectivity index (χ1n) is 8.50. The van der Waals surface area contributed by atoms with Gasteiger partial charge in [-0.05, 0) is 70.0 Å². The van der Waals surface area contributed by atoms with E-state index >= 15 is 0 Å². The van der Waals surface area contributed by atoms with Gasteiger partial charge in [-0.25, -0.2) is 0 Å². The van der Waals surface area contributed by atoms with Crippen molar-refractivity contribution >= 4 is 78.3 Å². The van der Waals surface area contributed by atoms with E-state index in [2.05, 4.69) is 38.4 Å². The Kier molecular flexibility index (Phi) is 9.94. The minimum Gasteiger partial charge on any atom is -0.486 e. The average Bonchev–Trinajstić information content (AvgIpc) is 3.54. The van der Waals surface area contributed by atoms with Gasteiger partial charge in [-0.3, -0.25) is 0 Å². The third kappa shape index (κ3) is 7.20. The summed E-state index contributed by atoms with van der Waals surface area (Å²) in [4.78, 5) is 0. The molecule has 3 unspecified atom stereocenters. The molecule has 1 saturated heterocycles. The predicted octanol–water partition coefficient (Wildman–Crippen LogP) is 8.63. The van der Waals surface area contributed by atoms with Crippen LogP contribution in [-0.4, -0.2) is 24.9 Å². The van der Waals surface area contributed by atoms with E-state index in [0.29, 0.717) is 31.6 Å². The van der Waals surface area contributed by atoms with Gasteiger partial charge in [0.15, 0.2) is 0 Å². The van der Waals surface area contributed by atoms with E-state index in [1.807, 2.05) is 19.9 Å². The van der Waals surface area contributed by atoms with E-state index in [4.69, 9.17) is 60.6 Å². The van der Waals surface area contributed by atoms with Crippen molar-refractivity contribution in [1.29, 1.82) is 0 Å². The maximum absolute atomic E-state index is 6.04. The van der Waals surface area contributed by atoms with E-state index < -0.39 is 0 Å². The maximum Gasteiger partial charge on any atom is 0.140 e. The topological polar surface area (TPSA) is 31.0 Å². The number of epoxide rings is 1. The van der Waals surface area contributed by atoms with Crippen LogP contribution in [0.3, 0.4) is 0 Å². The Bertz CT molecular complexity index is 875. The molecule has 3 atom stereocenters. The van der Waals surface area contributed by atoms with Gasteiger partial charge in [0.25, 0.3) is 0 Å². The summed E-state index contributed by atoms with van der Waals surface area (Å²) >= 11 is 30.5. The van der Waals surface area contributed by atoms with Crippen molar-refractivity contribution < 1.29 is 14.2 Å². The molecule has 0 radical (unpaired) electrons. The van der Waals surface area contributed by atoms with E-state index in [9.17, 15) is 0 Å².